The molecule has 0 atom stereocenters. The number of aromatic nitrogens is 2. The van der Waals surface area contributed by atoms with Gasteiger partial charge in [0, 0.05) is 52.2 Å². The summed E-state index contributed by atoms with van der Waals surface area (Å²) in [4.78, 5) is 0. The molecule has 0 unspecified atom stereocenters. The lowest BCUT2D eigenvalue weighted by atomic mass is 10.3. The third-order valence-electron chi connectivity index (χ3n) is 2.48. The molecule has 0 aliphatic heterocycles. The topological polar surface area (TPSA) is 48.3 Å². The number of unbranched alkanes of at least 4 members (excludes halogenated alkanes) is 1. The van der Waals surface area contributed by atoms with Gasteiger partial charge in [-0.15, -0.1) is 0 Å². The maximum absolute atomic E-state index is 5.01. The van der Waals surface area contributed by atoms with Crippen molar-refractivity contribution in [3.05, 3.63) is 18.0 Å². The van der Waals surface area contributed by atoms with E-state index >= 15 is 0 Å². The molecule has 17 heavy (non-hydrogen) atoms. The Kier molecular flexibility index (Phi) is 7.62. The Morgan fingerprint density at radius 2 is 2.06 bits per heavy atom. The number of nitrogens with one attached hydrogen (secondary N) is 1. The molecule has 1 aromatic heterocycles. The third kappa shape index (κ3) is 6.41. The molecule has 98 valence electrons. The fourth-order valence-corrected chi connectivity index (χ4v) is 1.55. The zero-order valence-electron chi connectivity index (χ0n) is 10.8. The van der Waals surface area contributed by atoms with Crippen LogP contribution in [0.5, 0.6) is 0 Å². The molecule has 1 N–H and O–H groups in total. The summed E-state index contributed by atoms with van der Waals surface area (Å²) >= 11 is 0. The molecule has 5 nitrogen and oxygen atoms in total. The van der Waals surface area contributed by atoms with Gasteiger partial charge in [-0.25, -0.2) is 0 Å². The maximum Gasteiger partial charge on any atom is 0.0587 e. The van der Waals surface area contributed by atoms with Crippen LogP contribution in [0.2, 0.25) is 0 Å². The molecule has 0 radical (unpaired) electrons. The van der Waals surface area contributed by atoms with Crippen molar-refractivity contribution in [3.8, 4) is 0 Å². The molecule has 5 heteroatoms. The van der Waals surface area contributed by atoms with Gasteiger partial charge >= 0.3 is 0 Å². The number of nitrogens with zero attached hydrogens (tertiary/aromatic N) is 2. The van der Waals surface area contributed by atoms with Crippen molar-refractivity contribution in [2.75, 3.05) is 34.0 Å². The van der Waals surface area contributed by atoms with Crippen LogP contribution < -0.4 is 5.32 Å². The van der Waals surface area contributed by atoms with Gasteiger partial charge in [-0.05, 0) is 12.8 Å². The molecule has 0 amide bonds. The standard InChI is InChI=1S/C12H23N3O2/c1-16-7-4-3-6-15-11-12(10-14-15)9-13-5-8-17-2/h10-11,13H,3-9H2,1-2H3. The molecule has 0 fully saturated rings. The van der Waals surface area contributed by atoms with Gasteiger partial charge in [-0.1, -0.05) is 0 Å². The zero-order chi connectivity index (χ0) is 12.3. The van der Waals surface area contributed by atoms with E-state index in [4.69, 9.17) is 9.47 Å². The highest BCUT2D eigenvalue weighted by molar-refractivity contribution is 5.03. The first-order valence-electron chi connectivity index (χ1n) is 6.06. The highest BCUT2D eigenvalue weighted by Crippen LogP contribution is 2.00. The Morgan fingerprint density at radius 1 is 1.24 bits per heavy atom. The molecule has 1 heterocycles. The van der Waals surface area contributed by atoms with E-state index < -0.39 is 0 Å². The van der Waals surface area contributed by atoms with Gasteiger partial charge in [0.15, 0.2) is 0 Å². The molecule has 1 rings (SSSR count). The van der Waals surface area contributed by atoms with Crippen LogP contribution in [0.1, 0.15) is 18.4 Å². The van der Waals surface area contributed by atoms with Crippen LogP contribution in [-0.4, -0.2) is 43.8 Å². The highest BCUT2D eigenvalue weighted by Gasteiger charge is 1.98. The van der Waals surface area contributed by atoms with E-state index in [2.05, 4.69) is 16.6 Å². The Morgan fingerprint density at radius 3 is 2.82 bits per heavy atom. The van der Waals surface area contributed by atoms with E-state index in [1.54, 1.807) is 14.2 Å². The fourth-order valence-electron chi connectivity index (χ4n) is 1.55. The summed E-state index contributed by atoms with van der Waals surface area (Å²) in [5, 5.41) is 7.61. The molecule has 0 saturated heterocycles. The average Bonchev–Trinajstić information content (AvgIpc) is 2.78. The zero-order valence-corrected chi connectivity index (χ0v) is 10.8. The lowest BCUT2D eigenvalue weighted by Gasteiger charge is -2.02. The van der Waals surface area contributed by atoms with Gasteiger partial charge in [0.25, 0.3) is 0 Å². The first-order chi connectivity index (χ1) is 8.36. The van der Waals surface area contributed by atoms with Crippen LogP contribution in [0.3, 0.4) is 0 Å². The van der Waals surface area contributed by atoms with E-state index in [9.17, 15) is 0 Å². The highest BCUT2D eigenvalue weighted by atomic mass is 16.5. The number of rotatable bonds is 10. The van der Waals surface area contributed by atoms with Crippen molar-refractivity contribution in [1.82, 2.24) is 15.1 Å². The second-order valence-electron chi connectivity index (χ2n) is 3.98. The van der Waals surface area contributed by atoms with Crippen LogP contribution in [0.25, 0.3) is 0 Å². The maximum atomic E-state index is 5.01. The van der Waals surface area contributed by atoms with Crippen LogP contribution >= 0.6 is 0 Å². The minimum Gasteiger partial charge on any atom is -0.385 e. The fraction of sp³-hybridized carbons (Fsp3) is 0.750. The van der Waals surface area contributed by atoms with Crippen molar-refractivity contribution < 1.29 is 9.47 Å². The van der Waals surface area contributed by atoms with Gasteiger partial charge in [0.2, 0.25) is 0 Å². The molecule has 0 aromatic carbocycles. The van der Waals surface area contributed by atoms with Gasteiger partial charge in [0.1, 0.15) is 0 Å². The lowest BCUT2D eigenvalue weighted by molar-refractivity contribution is 0.191. The van der Waals surface area contributed by atoms with Crippen molar-refractivity contribution in [2.24, 2.45) is 0 Å². The smallest absolute Gasteiger partial charge is 0.0587 e. The summed E-state index contributed by atoms with van der Waals surface area (Å²) in [6.45, 7) is 4.25. The van der Waals surface area contributed by atoms with Crippen molar-refractivity contribution in [2.45, 2.75) is 25.9 Å². The summed E-state index contributed by atoms with van der Waals surface area (Å²) in [6.07, 6.45) is 6.19. The van der Waals surface area contributed by atoms with Crippen LogP contribution in [0, 0.1) is 0 Å². The Labute approximate surface area is 103 Å². The summed E-state index contributed by atoms with van der Waals surface area (Å²) in [7, 11) is 3.44. The van der Waals surface area contributed by atoms with Gasteiger partial charge in [-0.3, -0.25) is 4.68 Å². The normalized spacial score (nSPS) is 10.9. The minimum atomic E-state index is 0.741. The van der Waals surface area contributed by atoms with Crippen LogP contribution in [-0.2, 0) is 22.6 Å². The average molecular weight is 241 g/mol. The number of aryl methyl sites for hydroxylation is 1. The van der Waals surface area contributed by atoms with Crippen LogP contribution in [0.4, 0.5) is 0 Å². The van der Waals surface area contributed by atoms with E-state index in [0.29, 0.717) is 0 Å². The second-order valence-corrected chi connectivity index (χ2v) is 3.98. The molecule has 0 bridgehead atoms. The second kappa shape index (κ2) is 9.15. The Balaban J connectivity index is 2.14. The summed E-state index contributed by atoms with van der Waals surface area (Å²) in [5.74, 6) is 0. The van der Waals surface area contributed by atoms with Gasteiger partial charge in [0.05, 0.1) is 12.8 Å². The van der Waals surface area contributed by atoms with Crippen molar-refractivity contribution in [1.29, 1.82) is 0 Å². The van der Waals surface area contributed by atoms with E-state index in [1.807, 2.05) is 10.9 Å². The van der Waals surface area contributed by atoms with Gasteiger partial charge < -0.3 is 14.8 Å². The third-order valence-corrected chi connectivity index (χ3v) is 2.48. The quantitative estimate of drug-likeness (QED) is 0.622. The Bertz CT molecular complexity index is 263. The largest absolute Gasteiger partial charge is 0.385 e. The first kappa shape index (κ1) is 14.2. The van der Waals surface area contributed by atoms with Gasteiger partial charge in [-0.2, -0.15) is 5.10 Å². The molecule has 1 aromatic rings. The Hall–Kier alpha value is -0.910. The predicted molar refractivity (Wildman–Crippen MR) is 66.9 cm³/mol. The summed E-state index contributed by atoms with van der Waals surface area (Å²) in [6, 6.07) is 0. The number of hydrogen-bond donors (Lipinski definition) is 1. The molecule has 0 aliphatic rings. The van der Waals surface area contributed by atoms with Crippen molar-refractivity contribution in [3.63, 3.8) is 0 Å². The number of ether oxygens (including phenoxy) is 2. The molecule has 0 saturated carbocycles. The van der Waals surface area contributed by atoms with E-state index in [0.717, 1.165) is 45.7 Å². The predicted octanol–water partition coefficient (Wildman–Crippen LogP) is 1.05. The van der Waals surface area contributed by atoms with E-state index in [1.165, 1.54) is 5.56 Å². The van der Waals surface area contributed by atoms with Crippen molar-refractivity contribution >= 4 is 0 Å². The number of methoxy groups -OCH3 is 2. The van der Waals surface area contributed by atoms with E-state index in [-0.39, 0.29) is 0 Å². The molecule has 0 spiro atoms. The lowest BCUT2D eigenvalue weighted by Crippen LogP contribution is -2.18. The SMILES string of the molecule is COCCCCn1cc(CNCCOC)cn1. The summed E-state index contributed by atoms with van der Waals surface area (Å²) in [5.41, 5.74) is 1.22. The van der Waals surface area contributed by atoms with Crippen LogP contribution in [0.15, 0.2) is 12.4 Å². The summed E-state index contributed by atoms with van der Waals surface area (Å²) < 4.78 is 12.0. The molecular weight excluding hydrogens is 218 g/mol. The monoisotopic (exact) mass is 241 g/mol. The first-order valence-corrected chi connectivity index (χ1v) is 6.06. The minimum absolute atomic E-state index is 0.741. The molecular formula is C12H23N3O2. The number of hydrogen-bond acceptors (Lipinski definition) is 4. The molecule has 0 aliphatic carbocycles.